The smallest absolute Gasteiger partial charge is 0.257 e. The molecule has 1 saturated carbocycles. The molecule has 0 atom stereocenters. The van der Waals surface area contributed by atoms with E-state index in [0.29, 0.717) is 11.7 Å². The van der Waals surface area contributed by atoms with Gasteiger partial charge in [-0.2, -0.15) is 0 Å². The summed E-state index contributed by atoms with van der Waals surface area (Å²) in [6.07, 6.45) is 6.00. The summed E-state index contributed by atoms with van der Waals surface area (Å²) in [7, 11) is 0. The maximum Gasteiger partial charge on any atom is 0.257 e. The lowest BCUT2D eigenvalue weighted by atomic mass is 9.83. The number of hydrogen-bond acceptors (Lipinski definition) is 3. The third-order valence-corrected chi connectivity index (χ3v) is 3.19. The van der Waals surface area contributed by atoms with Crippen molar-refractivity contribution in [1.29, 1.82) is 0 Å². The molecule has 0 N–H and O–H groups in total. The molecule has 1 aliphatic carbocycles. The molecule has 0 saturated heterocycles. The van der Waals surface area contributed by atoms with Gasteiger partial charge in [-0.15, -0.1) is 0 Å². The highest BCUT2D eigenvalue weighted by molar-refractivity contribution is 6.68. The van der Waals surface area contributed by atoms with E-state index < -0.39 is 5.24 Å². The number of carbonyl (C=O) groups excluding carboxylic acids is 1. The second-order valence-corrected chi connectivity index (χ2v) is 4.47. The predicted octanol–water partition coefficient (Wildman–Crippen LogP) is 2.85. The Morgan fingerprint density at radius 2 is 2.27 bits per heavy atom. The van der Waals surface area contributed by atoms with E-state index in [0.717, 1.165) is 6.42 Å². The molecule has 2 rings (SSSR count). The van der Waals surface area contributed by atoms with Gasteiger partial charge in [0, 0.05) is 12.6 Å². The quantitative estimate of drug-likeness (QED) is 0.607. The molecule has 1 aromatic rings. The van der Waals surface area contributed by atoms with E-state index in [1.165, 1.54) is 25.5 Å². The standard InChI is InChI=1S/C10H10Cl2N2O/c11-9-7(10(12)15)5-13-8(14-9)4-6-2-1-3-6/h5-6H,1-4H2. The van der Waals surface area contributed by atoms with Gasteiger partial charge in [-0.3, -0.25) is 4.79 Å². The van der Waals surface area contributed by atoms with Crippen LogP contribution < -0.4 is 0 Å². The molecule has 15 heavy (non-hydrogen) atoms. The highest BCUT2D eigenvalue weighted by Gasteiger charge is 2.20. The topological polar surface area (TPSA) is 42.9 Å². The fourth-order valence-corrected chi connectivity index (χ4v) is 2.00. The lowest BCUT2D eigenvalue weighted by Crippen LogP contribution is -2.15. The zero-order valence-electron chi connectivity index (χ0n) is 8.04. The van der Waals surface area contributed by atoms with Crippen molar-refractivity contribution in [2.24, 2.45) is 5.92 Å². The summed E-state index contributed by atoms with van der Waals surface area (Å²) in [5.74, 6) is 1.38. The lowest BCUT2D eigenvalue weighted by molar-refractivity contribution is 0.108. The normalized spacial score (nSPS) is 16.1. The average Bonchev–Trinajstić information content (AvgIpc) is 2.11. The van der Waals surface area contributed by atoms with Crippen LogP contribution in [-0.2, 0) is 6.42 Å². The summed E-state index contributed by atoms with van der Waals surface area (Å²) in [4.78, 5) is 19.0. The number of halogens is 2. The molecule has 0 aliphatic heterocycles. The Hall–Kier alpha value is -0.670. The van der Waals surface area contributed by atoms with Crippen LogP contribution >= 0.6 is 23.2 Å². The molecule has 80 valence electrons. The summed E-state index contributed by atoms with van der Waals surface area (Å²) < 4.78 is 0. The van der Waals surface area contributed by atoms with Crippen molar-refractivity contribution in [3.63, 3.8) is 0 Å². The van der Waals surface area contributed by atoms with Gasteiger partial charge in [0.25, 0.3) is 5.24 Å². The maximum absolute atomic E-state index is 10.9. The first-order chi connectivity index (χ1) is 7.16. The minimum absolute atomic E-state index is 0.152. The first kappa shape index (κ1) is 10.8. The zero-order valence-corrected chi connectivity index (χ0v) is 9.55. The van der Waals surface area contributed by atoms with Crippen molar-refractivity contribution in [1.82, 2.24) is 9.97 Å². The molecular formula is C10H10Cl2N2O. The minimum Gasteiger partial charge on any atom is -0.275 e. The average molecular weight is 245 g/mol. The molecule has 0 spiro atoms. The third-order valence-electron chi connectivity index (χ3n) is 2.70. The molecule has 3 nitrogen and oxygen atoms in total. The molecular weight excluding hydrogens is 235 g/mol. The van der Waals surface area contributed by atoms with Gasteiger partial charge in [-0.05, 0) is 17.5 Å². The summed E-state index contributed by atoms with van der Waals surface area (Å²) in [5.41, 5.74) is 0.177. The highest BCUT2D eigenvalue weighted by Crippen LogP contribution is 2.29. The molecule has 0 unspecified atom stereocenters. The Bertz CT molecular complexity index is 391. The molecule has 1 aliphatic rings. The van der Waals surface area contributed by atoms with Crippen LogP contribution in [-0.4, -0.2) is 15.2 Å². The number of carbonyl (C=O) groups is 1. The summed E-state index contributed by atoms with van der Waals surface area (Å²) >= 11 is 11.1. The van der Waals surface area contributed by atoms with E-state index in [1.54, 1.807) is 0 Å². The second-order valence-electron chi connectivity index (χ2n) is 3.77. The molecule has 1 heterocycles. The third kappa shape index (κ3) is 2.47. The monoisotopic (exact) mass is 244 g/mol. The van der Waals surface area contributed by atoms with Crippen LogP contribution in [0.15, 0.2) is 6.20 Å². The van der Waals surface area contributed by atoms with Crippen LogP contribution in [0.25, 0.3) is 0 Å². The zero-order chi connectivity index (χ0) is 10.8. The van der Waals surface area contributed by atoms with Gasteiger partial charge in [-0.1, -0.05) is 30.9 Å². The van der Waals surface area contributed by atoms with Gasteiger partial charge >= 0.3 is 0 Å². The van der Waals surface area contributed by atoms with Gasteiger partial charge in [0.1, 0.15) is 11.0 Å². The highest BCUT2D eigenvalue weighted by atomic mass is 35.5. The number of hydrogen-bond donors (Lipinski definition) is 0. The van der Waals surface area contributed by atoms with Crippen LogP contribution in [0.3, 0.4) is 0 Å². The fraction of sp³-hybridized carbons (Fsp3) is 0.500. The van der Waals surface area contributed by atoms with E-state index >= 15 is 0 Å². The summed E-state index contributed by atoms with van der Waals surface area (Å²) in [6, 6.07) is 0. The second kappa shape index (κ2) is 4.45. The number of aromatic nitrogens is 2. The summed E-state index contributed by atoms with van der Waals surface area (Å²) in [6.45, 7) is 0. The minimum atomic E-state index is -0.616. The lowest BCUT2D eigenvalue weighted by Gasteiger charge is -2.24. The molecule has 5 heteroatoms. The Morgan fingerprint density at radius 1 is 1.53 bits per heavy atom. The molecule has 0 aromatic carbocycles. The van der Waals surface area contributed by atoms with E-state index in [9.17, 15) is 4.79 Å². The van der Waals surface area contributed by atoms with Crippen LogP contribution in [0.1, 0.15) is 35.4 Å². The van der Waals surface area contributed by atoms with Crippen LogP contribution in [0, 0.1) is 5.92 Å². The SMILES string of the molecule is O=C(Cl)c1cnc(CC2CCC2)nc1Cl. The first-order valence-electron chi connectivity index (χ1n) is 4.88. The van der Waals surface area contributed by atoms with Crippen molar-refractivity contribution >= 4 is 28.4 Å². The van der Waals surface area contributed by atoms with Gasteiger partial charge < -0.3 is 0 Å². The van der Waals surface area contributed by atoms with Gasteiger partial charge in [0.05, 0.1) is 5.56 Å². The predicted molar refractivity (Wildman–Crippen MR) is 58.3 cm³/mol. The van der Waals surface area contributed by atoms with Crippen LogP contribution in [0.5, 0.6) is 0 Å². The Labute approximate surface area is 97.8 Å². The van der Waals surface area contributed by atoms with Gasteiger partial charge in [0.2, 0.25) is 0 Å². The van der Waals surface area contributed by atoms with Crippen molar-refractivity contribution in [2.75, 3.05) is 0 Å². The van der Waals surface area contributed by atoms with Crippen molar-refractivity contribution in [2.45, 2.75) is 25.7 Å². The number of nitrogens with zero attached hydrogens (tertiary/aromatic N) is 2. The van der Waals surface area contributed by atoms with E-state index in [-0.39, 0.29) is 10.7 Å². The van der Waals surface area contributed by atoms with E-state index in [2.05, 4.69) is 9.97 Å². The Kier molecular flexibility index (Phi) is 3.22. The van der Waals surface area contributed by atoms with Crippen molar-refractivity contribution in [3.8, 4) is 0 Å². The Morgan fingerprint density at radius 3 is 2.73 bits per heavy atom. The van der Waals surface area contributed by atoms with Crippen molar-refractivity contribution in [3.05, 3.63) is 22.7 Å². The van der Waals surface area contributed by atoms with E-state index in [1.807, 2.05) is 0 Å². The first-order valence-corrected chi connectivity index (χ1v) is 5.63. The van der Waals surface area contributed by atoms with Gasteiger partial charge in [0.15, 0.2) is 0 Å². The van der Waals surface area contributed by atoms with Crippen molar-refractivity contribution < 1.29 is 4.79 Å². The Balaban J connectivity index is 2.13. The molecule has 1 aromatic heterocycles. The van der Waals surface area contributed by atoms with E-state index in [4.69, 9.17) is 23.2 Å². The van der Waals surface area contributed by atoms with Crippen LogP contribution in [0.4, 0.5) is 0 Å². The number of rotatable bonds is 3. The molecule has 0 radical (unpaired) electrons. The molecule has 0 bridgehead atoms. The van der Waals surface area contributed by atoms with Gasteiger partial charge in [-0.25, -0.2) is 9.97 Å². The van der Waals surface area contributed by atoms with Crippen LogP contribution in [0.2, 0.25) is 5.15 Å². The largest absolute Gasteiger partial charge is 0.275 e. The fourth-order valence-electron chi connectivity index (χ4n) is 1.58. The molecule has 1 fully saturated rings. The summed E-state index contributed by atoms with van der Waals surface area (Å²) in [5, 5.41) is -0.463. The maximum atomic E-state index is 10.9. The molecule has 0 amide bonds.